The van der Waals surface area contributed by atoms with Crippen molar-refractivity contribution < 1.29 is 9.59 Å². The number of carbonyl (C=O) groups excluding carboxylic acids is 2. The van der Waals surface area contributed by atoms with E-state index in [9.17, 15) is 9.59 Å². The second-order valence-corrected chi connectivity index (χ2v) is 6.36. The molecule has 2 heterocycles. The average molecular weight is 341 g/mol. The SMILES string of the molecule is CC(=O)N(C)c1cccc(NC(=O)N2CCC[C@H](c3ccn[nH]3)C2)c1. The minimum absolute atomic E-state index is 0.0538. The number of hydrogen-bond acceptors (Lipinski definition) is 3. The molecule has 0 unspecified atom stereocenters. The molecule has 25 heavy (non-hydrogen) atoms. The Hall–Kier alpha value is -2.83. The summed E-state index contributed by atoms with van der Waals surface area (Å²) < 4.78 is 0. The summed E-state index contributed by atoms with van der Waals surface area (Å²) in [6, 6.07) is 9.14. The van der Waals surface area contributed by atoms with Gasteiger partial charge in [-0.3, -0.25) is 9.89 Å². The van der Waals surface area contributed by atoms with Gasteiger partial charge in [-0.2, -0.15) is 5.10 Å². The van der Waals surface area contributed by atoms with Gasteiger partial charge in [-0.05, 0) is 37.1 Å². The summed E-state index contributed by atoms with van der Waals surface area (Å²) in [5.74, 6) is 0.235. The lowest BCUT2D eigenvalue weighted by Crippen LogP contribution is -2.41. The van der Waals surface area contributed by atoms with Crippen LogP contribution < -0.4 is 10.2 Å². The van der Waals surface area contributed by atoms with Gasteiger partial charge in [-0.1, -0.05) is 6.07 Å². The predicted octanol–water partition coefficient (Wildman–Crippen LogP) is 2.80. The molecule has 3 amide bonds. The van der Waals surface area contributed by atoms with Crippen LogP contribution in [0.5, 0.6) is 0 Å². The number of anilines is 2. The molecule has 7 heteroatoms. The zero-order valence-electron chi connectivity index (χ0n) is 14.5. The number of hydrogen-bond donors (Lipinski definition) is 2. The maximum absolute atomic E-state index is 12.6. The van der Waals surface area contributed by atoms with Crippen LogP contribution in [-0.4, -0.2) is 47.2 Å². The molecule has 0 aliphatic carbocycles. The monoisotopic (exact) mass is 341 g/mol. The fourth-order valence-electron chi connectivity index (χ4n) is 3.09. The van der Waals surface area contributed by atoms with Crippen LogP contribution in [0.3, 0.4) is 0 Å². The van der Waals surface area contributed by atoms with Crippen LogP contribution in [0.4, 0.5) is 16.2 Å². The lowest BCUT2D eigenvalue weighted by Gasteiger charge is -2.32. The van der Waals surface area contributed by atoms with Crippen LogP contribution >= 0.6 is 0 Å². The quantitative estimate of drug-likeness (QED) is 0.901. The first-order valence-electron chi connectivity index (χ1n) is 8.44. The predicted molar refractivity (Wildman–Crippen MR) is 96.7 cm³/mol. The lowest BCUT2D eigenvalue weighted by molar-refractivity contribution is -0.116. The van der Waals surface area contributed by atoms with Gasteiger partial charge in [0.05, 0.1) is 0 Å². The minimum Gasteiger partial charge on any atom is -0.324 e. The van der Waals surface area contributed by atoms with E-state index in [1.54, 1.807) is 24.2 Å². The van der Waals surface area contributed by atoms with E-state index in [-0.39, 0.29) is 17.9 Å². The van der Waals surface area contributed by atoms with Crippen LogP contribution in [-0.2, 0) is 4.79 Å². The van der Waals surface area contributed by atoms with E-state index in [0.29, 0.717) is 12.2 Å². The molecule has 0 bridgehead atoms. The van der Waals surface area contributed by atoms with Crippen molar-refractivity contribution >= 4 is 23.3 Å². The molecule has 1 aromatic heterocycles. The molecule has 3 rings (SSSR count). The molecule has 1 fully saturated rings. The third-order valence-corrected chi connectivity index (χ3v) is 4.63. The summed E-state index contributed by atoms with van der Waals surface area (Å²) >= 11 is 0. The number of aromatic amines is 1. The lowest BCUT2D eigenvalue weighted by atomic mass is 9.95. The van der Waals surface area contributed by atoms with Gasteiger partial charge in [0.2, 0.25) is 5.91 Å². The number of carbonyl (C=O) groups is 2. The number of rotatable bonds is 3. The van der Waals surface area contributed by atoms with Crippen molar-refractivity contribution in [3.05, 3.63) is 42.2 Å². The van der Waals surface area contributed by atoms with Crippen LogP contribution in [0, 0.1) is 0 Å². The molecule has 1 atom stereocenters. The molecule has 7 nitrogen and oxygen atoms in total. The van der Waals surface area contributed by atoms with E-state index < -0.39 is 0 Å². The number of amides is 3. The number of H-pyrrole nitrogens is 1. The number of nitrogens with one attached hydrogen (secondary N) is 2. The van der Waals surface area contributed by atoms with E-state index >= 15 is 0 Å². The minimum atomic E-state index is -0.119. The molecule has 0 saturated carbocycles. The van der Waals surface area contributed by atoms with Gasteiger partial charge >= 0.3 is 6.03 Å². The van der Waals surface area contributed by atoms with Gasteiger partial charge in [0.1, 0.15) is 0 Å². The highest BCUT2D eigenvalue weighted by atomic mass is 16.2. The molecular formula is C18H23N5O2. The number of piperidine rings is 1. The van der Waals surface area contributed by atoms with Gasteiger partial charge in [-0.15, -0.1) is 0 Å². The molecule has 2 aromatic rings. The van der Waals surface area contributed by atoms with E-state index in [1.807, 2.05) is 29.2 Å². The van der Waals surface area contributed by atoms with Crippen LogP contribution in [0.15, 0.2) is 36.5 Å². The Labute approximate surface area is 147 Å². The first-order chi connectivity index (χ1) is 12.0. The van der Waals surface area contributed by atoms with E-state index in [2.05, 4.69) is 15.5 Å². The van der Waals surface area contributed by atoms with E-state index in [0.717, 1.165) is 30.8 Å². The summed E-state index contributed by atoms with van der Waals surface area (Å²) in [7, 11) is 1.71. The second-order valence-electron chi connectivity index (χ2n) is 6.36. The molecule has 1 aromatic carbocycles. The number of urea groups is 1. The van der Waals surface area contributed by atoms with E-state index in [4.69, 9.17) is 0 Å². The van der Waals surface area contributed by atoms with Gasteiger partial charge in [0.25, 0.3) is 0 Å². The van der Waals surface area contributed by atoms with Gasteiger partial charge < -0.3 is 15.1 Å². The third kappa shape index (κ3) is 3.99. The number of nitrogens with zero attached hydrogens (tertiary/aromatic N) is 3. The summed E-state index contributed by atoms with van der Waals surface area (Å²) in [5.41, 5.74) is 2.50. The van der Waals surface area contributed by atoms with Crippen molar-refractivity contribution in [2.45, 2.75) is 25.7 Å². The number of benzene rings is 1. The molecule has 0 radical (unpaired) electrons. The first kappa shape index (κ1) is 17.0. The summed E-state index contributed by atoms with van der Waals surface area (Å²) in [5, 5.41) is 9.93. The molecule has 1 saturated heterocycles. The number of likely N-dealkylation sites (tertiary alicyclic amines) is 1. The third-order valence-electron chi connectivity index (χ3n) is 4.63. The Balaban J connectivity index is 1.66. The Morgan fingerprint density at radius 1 is 1.36 bits per heavy atom. The Morgan fingerprint density at radius 3 is 2.92 bits per heavy atom. The van der Waals surface area contributed by atoms with Crippen LogP contribution in [0.2, 0.25) is 0 Å². The highest BCUT2D eigenvalue weighted by molar-refractivity contribution is 5.93. The molecule has 132 valence electrons. The normalized spacial score (nSPS) is 17.2. The van der Waals surface area contributed by atoms with E-state index in [1.165, 1.54) is 6.92 Å². The highest BCUT2D eigenvalue weighted by Gasteiger charge is 2.25. The molecule has 0 spiro atoms. The van der Waals surface area contributed by atoms with Gasteiger partial charge in [0.15, 0.2) is 0 Å². The van der Waals surface area contributed by atoms with Crippen molar-refractivity contribution in [1.29, 1.82) is 0 Å². The Bertz CT molecular complexity index is 744. The fourth-order valence-corrected chi connectivity index (χ4v) is 3.09. The zero-order valence-corrected chi connectivity index (χ0v) is 14.5. The zero-order chi connectivity index (χ0) is 17.8. The summed E-state index contributed by atoms with van der Waals surface area (Å²) in [4.78, 5) is 27.5. The molecular weight excluding hydrogens is 318 g/mol. The standard InChI is InChI=1S/C18H23N5O2/c1-13(24)22(2)16-7-3-6-15(11-16)20-18(25)23-10-4-5-14(12-23)17-8-9-19-21-17/h3,6-9,11,14H,4-5,10,12H2,1-2H3,(H,19,21)(H,20,25)/t14-/m0/s1. The molecule has 1 aliphatic heterocycles. The molecule has 2 N–H and O–H groups in total. The average Bonchev–Trinajstić information content (AvgIpc) is 3.16. The van der Waals surface area contributed by atoms with Crippen molar-refractivity contribution in [1.82, 2.24) is 15.1 Å². The van der Waals surface area contributed by atoms with Crippen molar-refractivity contribution in [2.24, 2.45) is 0 Å². The summed E-state index contributed by atoms with van der Waals surface area (Å²) in [6.07, 6.45) is 3.75. The fraction of sp³-hybridized carbons (Fsp3) is 0.389. The van der Waals surface area contributed by atoms with Gasteiger partial charge in [0, 0.05) is 56.2 Å². The maximum Gasteiger partial charge on any atom is 0.321 e. The Morgan fingerprint density at radius 2 is 2.20 bits per heavy atom. The van der Waals surface area contributed by atoms with Crippen molar-refractivity contribution in [3.8, 4) is 0 Å². The molecule has 1 aliphatic rings. The number of aromatic nitrogens is 2. The van der Waals surface area contributed by atoms with Gasteiger partial charge in [-0.25, -0.2) is 4.79 Å². The highest BCUT2D eigenvalue weighted by Crippen LogP contribution is 2.26. The Kier molecular flexibility index (Phi) is 5.02. The smallest absolute Gasteiger partial charge is 0.321 e. The van der Waals surface area contributed by atoms with Crippen molar-refractivity contribution in [3.63, 3.8) is 0 Å². The summed E-state index contributed by atoms with van der Waals surface area (Å²) in [6.45, 7) is 2.92. The second kappa shape index (κ2) is 7.38. The van der Waals surface area contributed by atoms with Crippen molar-refractivity contribution in [2.75, 3.05) is 30.4 Å². The largest absolute Gasteiger partial charge is 0.324 e. The van der Waals surface area contributed by atoms with Crippen LogP contribution in [0.25, 0.3) is 0 Å². The maximum atomic E-state index is 12.6. The first-order valence-corrected chi connectivity index (χ1v) is 8.44. The van der Waals surface area contributed by atoms with Crippen LogP contribution in [0.1, 0.15) is 31.4 Å². The topological polar surface area (TPSA) is 81.3 Å².